The third kappa shape index (κ3) is 3.03. The second-order valence-corrected chi connectivity index (χ2v) is 10.9. The summed E-state index contributed by atoms with van der Waals surface area (Å²) in [6, 6.07) is 1.94. The number of carbonyl (C=O) groups excluding carboxylic acids is 1. The van der Waals surface area contributed by atoms with E-state index >= 15 is 0 Å². The number of piperidine rings is 1. The summed E-state index contributed by atoms with van der Waals surface area (Å²) in [4.78, 5) is 12.2. The molecule has 1 N–H and O–H groups in total. The number of carbonyl (C=O) groups is 1. The number of furan rings is 1. The van der Waals surface area contributed by atoms with Gasteiger partial charge in [-0.3, -0.25) is 10.2 Å². The second kappa shape index (κ2) is 5.28. The smallest absolute Gasteiger partial charge is 0.301 e. The quantitative estimate of drug-likeness (QED) is 0.851. The van der Waals surface area contributed by atoms with Gasteiger partial charge in [0.1, 0.15) is 0 Å². The normalized spacial score (nSPS) is 17.7. The lowest BCUT2D eigenvalue weighted by atomic mass is 10.2. The third-order valence-electron chi connectivity index (χ3n) is 3.30. The van der Waals surface area contributed by atoms with Gasteiger partial charge in [-0.2, -0.15) is 0 Å². The standard InChI is InChI=1S/C13H22N2O2Si/c1-18(2,3)11-7-10-17-12(11)13(16)14-15-8-5-4-6-9-15/h7,10H,4-6,8-9H2,1-3H3,(H,14,16). The predicted octanol–water partition coefficient (Wildman–Crippen LogP) is 1.96. The SMILES string of the molecule is C[Si](C)(C)c1ccoc1C(=O)NN1CCCCC1. The molecule has 5 heteroatoms. The van der Waals surface area contributed by atoms with Crippen LogP contribution in [-0.4, -0.2) is 32.1 Å². The van der Waals surface area contributed by atoms with Gasteiger partial charge in [0.15, 0.2) is 5.76 Å². The molecule has 1 aliphatic heterocycles. The largest absolute Gasteiger partial charge is 0.459 e. The predicted molar refractivity (Wildman–Crippen MR) is 74.6 cm³/mol. The summed E-state index contributed by atoms with van der Waals surface area (Å²) in [5.41, 5.74) is 2.96. The maximum Gasteiger partial charge on any atom is 0.301 e. The van der Waals surface area contributed by atoms with Gasteiger partial charge < -0.3 is 4.42 Å². The van der Waals surface area contributed by atoms with Crippen molar-refractivity contribution in [1.82, 2.24) is 10.4 Å². The van der Waals surface area contributed by atoms with Crippen LogP contribution in [0.25, 0.3) is 0 Å². The summed E-state index contributed by atoms with van der Waals surface area (Å²) in [7, 11) is -1.53. The van der Waals surface area contributed by atoms with Gasteiger partial charge >= 0.3 is 5.91 Å². The third-order valence-corrected chi connectivity index (χ3v) is 5.30. The first kappa shape index (κ1) is 13.4. The number of rotatable bonds is 3. The molecular weight excluding hydrogens is 244 g/mol. The fourth-order valence-electron chi connectivity index (χ4n) is 2.28. The molecule has 0 saturated carbocycles. The highest BCUT2D eigenvalue weighted by Crippen LogP contribution is 2.10. The van der Waals surface area contributed by atoms with E-state index in [0.717, 1.165) is 31.1 Å². The number of nitrogens with one attached hydrogen (secondary N) is 1. The Morgan fingerprint density at radius 1 is 1.28 bits per heavy atom. The number of amides is 1. The number of hydrogen-bond acceptors (Lipinski definition) is 3. The van der Waals surface area contributed by atoms with Crippen LogP contribution in [0.3, 0.4) is 0 Å². The van der Waals surface area contributed by atoms with Crippen molar-refractivity contribution in [2.45, 2.75) is 38.9 Å². The van der Waals surface area contributed by atoms with Crippen molar-refractivity contribution in [2.75, 3.05) is 13.1 Å². The minimum atomic E-state index is -1.53. The van der Waals surface area contributed by atoms with E-state index in [1.807, 2.05) is 11.1 Å². The maximum absolute atomic E-state index is 12.2. The fraction of sp³-hybridized carbons (Fsp3) is 0.615. The Bertz CT molecular complexity index is 417. The fourth-order valence-corrected chi connectivity index (χ4v) is 3.70. The van der Waals surface area contributed by atoms with Crippen LogP contribution in [0.2, 0.25) is 19.6 Å². The Labute approximate surface area is 109 Å². The first-order chi connectivity index (χ1) is 8.48. The molecule has 100 valence electrons. The lowest BCUT2D eigenvalue weighted by Gasteiger charge is -2.27. The van der Waals surface area contributed by atoms with Crippen LogP contribution in [0.1, 0.15) is 29.8 Å². The molecule has 4 nitrogen and oxygen atoms in total. The Morgan fingerprint density at radius 2 is 1.94 bits per heavy atom. The summed E-state index contributed by atoms with van der Waals surface area (Å²) in [6.45, 7) is 8.53. The average molecular weight is 266 g/mol. The van der Waals surface area contributed by atoms with Crippen molar-refractivity contribution in [3.63, 3.8) is 0 Å². The van der Waals surface area contributed by atoms with Gasteiger partial charge in [-0.25, -0.2) is 5.01 Å². The zero-order valence-electron chi connectivity index (χ0n) is 11.5. The van der Waals surface area contributed by atoms with Crippen molar-refractivity contribution in [1.29, 1.82) is 0 Å². The van der Waals surface area contributed by atoms with Crippen molar-refractivity contribution in [2.24, 2.45) is 0 Å². The van der Waals surface area contributed by atoms with E-state index in [2.05, 4.69) is 25.1 Å². The summed E-state index contributed by atoms with van der Waals surface area (Å²) < 4.78 is 5.39. The molecule has 1 amide bonds. The minimum Gasteiger partial charge on any atom is -0.459 e. The van der Waals surface area contributed by atoms with Crippen LogP contribution in [0.15, 0.2) is 16.7 Å². The van der Waals surface area contributed by atoms with E-state index in [-0.39, 0.29) is 5.91 Å². The van der Waals surface area contributed by atoms with E-state index in [0.29, 0.717) is 5.76 Å². The highest BCUT2D eigenvalue weighted by molar-refractivity contribution is 6.89. The van der Waals surface area contributed by atoms with Crippen LogP contribution in [-0.2, 0) is 0 Å². The van der Waals surface area contributed by atoms with Crippen molar-refractivity contribution in [3.05, 3.63) is 18.1 Å². The van der Waals surface area contributed by atoms with E-state index < -0.39 is 8.07 Å². The van der Waals surface area contributed by atoms with Crippen LogP contribution in [0, 0.1) is 0 Å². The van der Waals surface area contributed by atoms with Crippen molar-refractivity contribution >= 4 is 19.2 Å². The van der Waals surface area contributed by atoms with Gasteiger partial charge in [0.05, 0.1) is 14.3 Å². The molecule has 0 spiro atoms. The highest BCUT2D eigenvalue weighted by atomic mass is 28.3. The minimum absolute atomic E-state index is 0.0978. The molecule has 1 aromatic rings. The lowest BCUT2D eigenvalue weighted by molar-refractivity contribution is 0.0723. The molecule has 1 fully saturated rings. The molecule has 2 heterocycles. The molecule has 2 rings (SSSR count). The maximum atomic E-state index is 12.2. The van der Waals surface area contributed by atoms with Crippen LogP contribution < -0.4 is 10.6 Å². The van der Waals surface area contributed by atoms with E-state index in [9.17, 15) is 4.79 Å². The summed E-state index contributed by atoms with van der Waals surface area (Å²) in [5, 5.41) is 3.10. The monoisotopic (exact) mass is 266 g/mol. The Balaban J connectivity index is 2.07. The number of hydrazine groups is 1. The van der Waals surface area contributed by atoms with E-state index in [1.54, 1.807) is 6.26 Å². The molecule has 1 aromatic heterocycles. The van der Waals surface area contributed by atoms with Crippen molar-refractivity contribution < 1.29 is 9.21 Å². The molecule has 18 heavy (non-hydrogen) atoms. The molecule has 1 aliphatic rings. The van der Waals surface area contributed by atoms with Gasteiger partial charge in [-0.15, -0.1) is 0 Å². The van der Waals surface area contributed by atoms with Crippen LogP contribution in [0.5, 0.6) is 0 Å². The first-order valence-electron chi connectivity index (χ1n) is 6.62. The Kier molecular flexibility index (Phi) is 3.92. The second-order valence-electron chi connectivity index (χ2n) is 5.90. The van der Waals surface area contributed by atoms with Crippen molar-refractivity contribution in [3.8, 4) is 0 Å². The van der Waals surface area contributed by atoms with E-state index in [1.165, 1.54) is 6.42 Å². The lowest BCUT2D eigenvalue weighted by Crippen LogP contribution is -2.48. The first-order valence-corrected chi connectivity index (χ1v) is 10.1. The molecule has 0 bridgehead atoms. The molecule has 0 atom stereocenters. The molecule has 0 unspecified atom stereocenters. The van der Waals surface area contributed by atoms with Gasteiger partial charge in [-0.1, -0.05) is 26.1 Å². The van der Waals surface area contributed by atoms with Crippen LogP contribution >= 0.6 is 0 Å². The zero-order chi connectivity index (χ0) is 13.2. The summed E-state index contributed by atoms with van der Waals surface area (Å²) in [6.07, 6.45) is 5.19. The van der Waals surface area contributed by atoms with Gasteiger partial charge in [0.25, 0.3) is 0 Å². The topological polar surface area (TPSA) is 45.5 Å². The van der Waals surface area contributed by atoms with Crippen LogP contribution in [0.4, 0.5) is 0 Å². The number of nitrogens with zero attached hydrogens (tertiary/aromatic N) is 1. The average Bonchev–Trinajstić information content (AvgIpc) is 2.79. The van der Waals surface area contributed by atoms with Gasteiger partial charge in [0.2, 0.25) is 0 Å². The zero-order valence-corrected chi connectivity index (χ0v) is 12.5. The highest BCUT2D eigenvalue weighted by Gasteiger charge is 2.27. The molecule has 0 aliphatic carbocycles. The molecule has 1 saturated heterocycles. The molecule has 0 radical (unpaired) electrons. The summed E-state index contributed by atoms with van der Waals surface area (Å²) >= 11 is 0. The van der Waals surface area contributed by atoms with Gasteiger partial charge in [0, 0.05) is 13.1 Å². The number of hydrogen-bond donors (Lipinski definition) is 1. The summed E-state index contributed by atoms with van der Waals surface area (Å²) in [5.74, 6) is 0.402. The molecule has 0 aromatic carbocycles. The Morgan fingerprint density at radius 3 is 2.56 bits per heavy atom. The Hall–Kier alpha value is -1.07. The molecular formula is C13H22N2O2Si. The van der Waals surface area contributed by atoms with E-state index in [4.69, 9.17) is 4.42 Å². The van der Waals surface area contributed by atoms with Gasteiger partial charge in [-0.05, 0) is 24.1 Å².